The fourth-order valence-electron chi connectivity index (χ4n) is 6.27. The number of para-hydroxylation sites is 1. The summed E-state index contributed by atoms with van der Waals surface area (Å²) in [6, 6.07) is 34.3. The van der Waals surface area contributed by atoms with Gasteiger partial charge in [0, 0.05) is 34.6 Å². The largest absolute Gasteiger partial charge is 0.349 e. The van der Waals surface area contributed by atoms with Gasteiger partial charge in [0.05, 0.1) is 4.90 Å². The van der Waals surface area contributed by atoms with Crippen molar-refractivity contribution in [2.45, 2.75) is 42.8 Å². The van der Waals surface area contributed by atoms with E-state index in [1.807, 2.05) is 55.5 Å². The summed E-state index contributed by atoms with van der Waals surface area (Å²) in [4.78, 5) is 2.64. The van der Waals surface area contributed by atoms with Crippen molar-refractivity contribution in [3.8, 4) is 0 Å². The molecular weight excluding hydrogens is 544 g/mol. The Morgan fingerprint density at radius 2 is 1.59 bits per heavy atom. The predicted molar refractivity (Wildman–Crippen MR) is 152 cm³/mol. The molecule has 0 aliphatic carbocycles. The molecule has 0 saturated carbocycles. The lowest BCUT2D eigenvalue weighted by Gasteiger charge is -2.37. The zero-order valence-electron chi connectivity index (χ0n) is 20.9. The third-order valence-electron chi connectivity index (χ3n) is 8.06. The number of sulfonamides is 1. The average Bonchev–Trinajstić information content (AvgIpc) is 3.34. The van der Waals surface area contributed by atoms with Gasteiger partial charge in [0.1, 0.15) is 6.17 Å². The van der Waals surface area contributed by atoms with Crippen molar-refractivity contribution < 1.29 is 8.42 Å². The van der Waals surface area contributed by atoms with Crippen molar-refractivity contribution in [2.24, 2.45) is 0 Å². The van der Waals surface area contributed by atoms with Gasteiger partial charge in [-0.05, 0) is 53.9 Å². The third kappa shape index (κ3) is 3.94. The van der Waals surface area contributed by atoms with Crippen LogP contribution >= 0.6 is 15.9 Å². The van der Waals surface area contributed by atoms with Gasteiger partial charge >= 0.3 is 0 Å². The number of benzene rings is 4. The van der Waals surface area contributed by atoms with Gasteiger partial charge in [0.15, 0.2) is 0 Å². The lowest BCUT2D eigenvalue weighted by molar-refractivity contribution is 0.313. The van der Waals surface area contributed by atoms with E-state index >= 15 is 0 Å². The van der Waals surface area contributed by atoms with Crippen LogP contribution in [0.3, 0.4) is 0 Å². The molecule has 0 spiro atoms. The molecule has 4 aromatic carbocycles. The summed E-state index contributed by atoms with van der Waals surface area (Å²) in [5.41, 5.74) is 5.19. The minimum absolute atomic E-state index is 0.0165. The lowest BCUT2D eigenvalue weighted by atomic mass is 9.71. The van der Waals surface area contributed by atoms with E-state index in [4.69, 9.17) is 0 Å². The van der Waals surface area contributed by atoms with E-state index in [9.17, 15) is 8.42 Å². The van der Waals surface area contributed by atoms with E-state index in [2.05, 4.69) is 70.2 Å². The number of rotatable bonds is 5. The number of halogens is 1. The molecule has 3 atom stereocenters. The van der Waals surface area contributed by atoms with Crippen molar-refractivity contribution in [3.05, 3.63) is 130 Å². The summed E-state index contributed by atoms with van der Waals surface area (Å²) in [7, 11) is -3.76. The molecule has 6 rings (SSSR count). The van der Waals surface area contributed by atoms with E-state index in [0.29, 0.717) is 18.0 Å². The Balaban J connectivity index is 1.55. The van der Waals surface area contributed by atoms with Crippen LogP contribution in [0, 0.1) is 6.92 Å². The first kappa shape index (κ1) is 24.4. The van der Waals surface area contributed by atoms with Gasteiger partial charge < -0.3 is 4.90 Å². The normalized spacial score (nSPS) is 23.2. The van der Waals surface area contributed by atoms with Crippen LogP contribution in [0.15, 0.2) is 112 Å². The smallest absolute Gasteiger partial charge is 0.244 e. The zero-order chi connectivity index (χ0) is 25.8. The monoisotopic (exact) mass is 572 g/mol. The van der Waals surface area contributed by atoms with Crippen molar-refractivity contribution in [2.75, 3.05) is 11.4 Å². The molecule has 4 nitrogen and oxygen atoms in total. The Kier molecular flexibility index (Phi) is 6.02. The van der Waals surface area contributed by atoms with Gasteiger partial charge in [0.25, 0.3) is 0 Å². The summed E-state index contributed by atoms with van der Waals surface area (Å²) < 4.78 is 31.4. The second kappa shape index (κ2) is 9.12. The molecule has 3 unspecified atom stereocenters. The number of anilines is 1. The molecular formula is C31H29BrN2O2S. The summed E-state index contributed by atoms with van der Waals surface area (Å²) in [5.74, 6) is -0.0165. The number of hydrogen-bond acceptors (Lipinski definition) is 3. The predicted octanol–water partition coefficient (Wildman–Crippen LogP) is 6.85. The van der Waals surface area contributed by atoms with Gasteiger partial charge in [-0.3, -0.25) is 0 Å². The van der Waals surface area contributed by atoms with Gasteiger partial charge in [-0.25, -0.2) is 8.42 Å². The molecule has 2 aliphatic heterocycles. The standard InChI is InChI=1S/C31H29BrN2O2S/c1-22-15-17-26(18-16-22)37(35,36)34-21-28(24-11-8-12-25(32)19-24)31(2)27-13-6-7-14-29(27)33(30(31)34)20-23-9-4-3-5-10-23/h3-19,28,30H,20-21H2,1-2H3. The van der Waals surface area contributed by atoms with Gasteiger partial charge in [-0.1, -0.05) is 101 Å². The van der Waals surface area contributed by atoms with Crippen LogP contribution in [-0.4, -0.2) is 25.4 Å². The van der Waals surface area contributed by atoms with Gasteiger partial charge in [0.2, 0.25) is 10.0 Å². The highest BCUT2D eigenvalue weighted by Gasteiger charge is 2.62. The van der Waals surface area contributed by atoms with Crippen LogP contribution in [-0.2, 0) is 22.0 Å². The molecule has 188 valence electrons. The molecule has 0 aromatic heterocycles. The molecule has 1 fully saturated rings. The molecule has 0 bridgehead atoms. The number of hydrogen-bond donors (Lipinski definition) is 0. The summed E-state index contributed by atoms with van der Waals surface area (Å²) in [5, 5.41) is 0. The van der Waals surface area contributed by atoms with E-state index in [0.717, 1.165) is 26.9 Å². The Morgan fingerprint density at radius 3 is 2.32 bits per heavy atom. The van der Waals surface area contributed by atoms with Crippen LogP contribution in [0.1, 0.15) is 35.1 Å². The number of nitrogens with zero attached hydrogens (tertiary/aromatic N) is 2. The molecule has 2 aliphatic rings. The van der Waals surface area contributed by atoms with Gasteiger partial charge in [-0.2, -0.15) is 4.31 Å². The SMILES string of the molecule is Cc1ccc(S(=O)(=O)N2CC(c3cccc(Br)c3)C3(C)c4ccccc4N(Cc4ccccc4)C23)cc1. The maximum Gasteiger partial charge on any atom is 0.244 e. The first-order valence-electron chi connectivity index (χ1n) is 12.5. The molecule has 37 heavy (non-hydrogen) atoms. The molecule has 0 radical (unpaired) electrons. The third-order valence-corrected chi connectivity index (χ3v) is 10.4. The Labute approximate surface area is 227 Å². The van der Waals surface area contributed by atoms with Crippen molar-refractivity contribution in [1.82, 2.24) is 4.31 Å². The molecule has 2 heterocycles. The highest BCUT2D eigenvalue weighted by atomic mass is 79.9. The number of fused-ring (bicyclic) bond motifs is 3. The van der Waals surface area contributed by atoms with Gasteiger partial charge in [-0.15, -0.1) is 0 Å². The van der Waals surface area contributed by atoms with E-state index < -0.39 is 15.4 Å². The minimum Gasteiger partial charge on any atom is -0.349 e. The summed E-state index contributed by atoms with van der Waals surface area (Å²) in [6.45, 7) is 5.26. The molecule has 0 N–H and O–H groups in total. The zero-order valence-corrected chi connectivity index (χ0v) is 23.3. The molecule has 4 aromatic rings. The topological polar surface area (TPSA) is 40.6 Å². The second-order valence-electron chi connectivity index (χ2n) is 10.3. The Morgan fingerprint density at radius 1 is 0.892 bits per heavy atom. The van der Waals surface area contributed by atoms with Crippen LogP contribution in [0.5, 0.6) is 0 Å². The lowest BCUT2D eigenvalue weighted by Crippen LogP contribution is -2.51. The summed E-state index contributed by atoms with van der Waals surface area (Å²) >= 11 is 3.64. The highest BCUT2D eigenvalue weighted by Crippen LogP contribution is 2.59. The van der Waals surface area contributed by atoms with E-state index in [1.54, 1.807) is 16.4 Å². The first-order chi connectivity index (χ1) is 17.8. The number of aryl methyl sites for hydroxylation is 1. The first-order valence-corrected chi connectivity index (χ1v) is 14.8. The molecule has 1 saturated heterocycles. The molecule has 6 heteroatoms. The van der Waals surface area contributed by atoms with Crippen LogP contribution in [0.2, 0.25) is 0 Å². The van der Waals surface area contributed by atoms with Crippen LogP contribution in [0.4, 0.5) is 5.69 Å². The molecule has 0 amide bonds. The van der Waals surface area contributed by atoms with Crippen molar-refractivity contribution in [1.29, 1.82) is 0 Å². The average molecular weight is 574 g/mol. The second-order valence-corrected chi connectivity index (χ2v) is 13.1. The maximum atomic E-state index is 14.3. The quantitative estimate of drug-likeness (QED) is 0.262. The minimum atomic E-state index is -3.76. The van der Waals surface area contributed by atoms with Crippen LogP contribution < -0.4 is 4.90 Å². The highest BCUT2D eigenvalue weighted by molar-refractivity contribution is 9.10. The van der Waals surface area contributed by atoms with E-state index in [1.165, 1.54) is 5.56 Å². The Bertz CT molecular complexity index is 1560. The van der Waals surface area contributed by atoms with Crippen molar-refractivity contribution >= 4 is 31.6 Å². The maximum absolute atomic E-state index is 14.3. The van der Waals surface area contributed by atoms with Crippen LogP contribution in [0.25, 0.3) is 0 Å². The fourth-order valence-corrected chi connectivity index (χ4v) is 8.38. The summed E-state index contributed by atoms with van der Waals surface area (Å²) in [6.07, 6.45) is -0.361. The van der Waals surface area contributed by atoms with Crippen molar-refractivity contribution in [3.63, 3.8) is 0 Å². The fraction of sp³-hybridized carbons (Fsp3) is 0.226. The van der Waals surface area contributed by atoms with E-state index in [-0.39, 0.29) is 12.1 Å². The Hall–Kier alpha value is -2.93.